The molecule has 2 N–H and O–H groups in total. The molecule has 0 bridgehead atoms. The van der Waals surface area contributed by atoms with Crippen LogP contribution in [0.4, 0.5) is 14.5 Å². The molecule has 0 aliphatic rings. The number of hydrogen-bond acceptors (Lipinski definition) is 5. The summed E-state index contributed by atoms with van der Waals surface area (Å²) in [5, 5.41) is 15.4. The van der Waals surface area contributed by atoms with Gasteiger partial charge in [0.05, 0.1) is 10.5 Å². The average Bonchev–Trinajstić information content (AvgIpc) is 2.14. The van der Waals surface area contributed by atoms with Gasteiger partial charge in [0.1, 0.15) is 0 Å². The minimum Gasteiger partial charge on any atom is -0.258 e. The zero-order chi connectivity index (χ0) is 13.4. The Morgan fingerprint density at radius 1 is 1.53 bits per heavy atom. The van der Waals surface area contributed by atoms with Crippen LogP contribution >= 0.6 is 22.6 Å². The number of rotatable bonds is 3. The fourth-order valence-electron chi connectivity index (χ4n) is 1.09. The summed E-state index contributed by atoms with van der Waals surface area (Å²) in [6, 6.07) is 0. The van der Waals surface area contributed by atoms with E-state index in [1.54, 1.807) is 0 Å². The Balaban J connectivity index is 3.82. The number of nitrogens with two attached hydrogens (primary N) is 1. The maximum Gasteiger partial charge on any atom is 0.321 e. The van der Waals surface area contributed by atoms with E-state index in [1.807, 2.05) is 0 Å². The molecule has 0 atom stereocenters. The highest BCUT2D eigenvalue weighted by molar-refractivity contribution is 14.1. The molecule has 0 aliphatic carbocycles. The monoisotopic (exact) mass is 379 g/mol. The average molecular weight is 379 g/mol. The second-order valence-corrected chi connectivity index (χ2v) is 5.30. The van der Waals surface area contributed by atoms with Gasteiger partial charge in [0.25, 0.3) is 6.43 Å². The molecule has 0 aromatic carbocycles. The molecule has 1 heterocycles. The number of aromatic nitrogens is 1. The molecule has 0 fully saturated rings. The number of primary sulfonamides is 1. The molecule has 7 nitrogen and oxygen atoms in total. The third kappa shape index (κ3) is 2.84. The smallest absolute Gasteiger partial charge is 0.258 e. The summed E-state index contributed by atoms with van der Waals surface area (Å²) in [7, 11) is -4.64. The van der Waals surface area contributed by atoms with E-state index >= 15 is 0 Å². The maximum absolute atomic E-state index is 12.5. The Labute approximate surface area is 107 Å². The highest BCUT2D eigenvalue weighted by Gasteiger charge is 2.33. The molecule has 94 valence electrons. The minimum atomic E-state index is -4.64. The Hall–Kier alpha value is -0.950. The van der Waals surface area contributed by atoms with Gasteiger partial charge in [-0.15, -0.1) is 0 Å². The summed E-state index contributed by atoms with van der Waals surface area (Å²) in [4.78, 5) is 11.7. The van der Waals surface area contributed by atoms with Crippen LogP contribution in [-0.4, -0.2) is 18.3 Å². The van der Waals surface area contributed by atoms with Crippen LogP contribution in [0, 0.1) is 13.8 Å². The number of alkyl halides is 2. The third-order valence-electron chi connectivity index (χ3n) is 1.69. The molecule has 0 unspecified atom stereocenters. The summed E-state index contributed by atoms with van der Waals surface area (Å²) < 4.78 is 47.1. The topological polar surface area (TPSA) is 116 Å². The van der Waals surface area contributed by atoms with E-state index in [0.29, 0.717) is 6.20 Å². The van der Waals surface area contributed by atoms with E-state index in [-0.39, 0.29) is 3.70 Å². The highest BCUT2D eigenvalue weighted by atomic mass is 127. The van der Waals surface area contributed by atoms with Gasteiger partial charge < -0.3 is 0 Å². The minimum absolute atomic E-state index is 0.332. The zero-order valence-electron chi connectivity index (χ0n) is 7.80. The zero-order valence-corrected chi connectivity index (χ0v) is 10.8. The molecule has 0 amide bonds. The molecule has 1 aromatic rings. The number of nitro groups is 1. The van der Waals surface area contributed by atoms with Gasteiger partial charge in [-0.1, -0.05) is 0 Å². The number of hydrogen-bond donors (Lipinski definition) is 1. The van der Waals surface area contributed by atoms with Crippen molar-refractivity contribution >= 4 is 38.3 Å². The summed E-state index contributed by atoms with van der Waals surface area (Å²) in [6.45, 7) is 0. The van der Waals surface area contributed by atoms with E-state index in [9.17, 15) is 27.3 Å². The second-order valence-electron chi connectivity index (χ2n) is 2.78. The normalized spacial score (nSPS) is 11.8. The second kappa shape index (κ2) is 4.73. The van der Waals surface area contributed by atoms with Crippen LogP contribution in [0.2, 0.25) is 0 Å². The largest absolute Gasteiger partial charge is 0.321 e. The van der Waals surface area contributed by atoms with Crippen LogP contribution in [0.15, 0.2) is 11.1 Å². The van der Waals surface area contributed by atoms with Gasteiger partial charge in [0.15, 0.2) is 8.60 Å². The fraction of sp³-hybridized carbons (Fsp3) is 0.167. The van der Waals surface area contributed by atoms with Crippen molar-refractivity contribution in [1.29, 1.82) is 0 Å². The number of nitrogens with zero attached hydrogens (tertiary/aromatic N) is 2. The van der Waals surface area contributed by atoms with E-state index in [4.69, 9.17) is 5.14 Å². The molecule has 17 heavy (non-hydrogen) atoms. The quantitative estimate of drug-likeness (QED) is 0.366. The van der Waals surface area contributed by atoms with Crippen molar-refractivity contribution in [2.45, 2.75) is 11.3 Å². The molecule has 0 saturated carbocycles. The van der Waals surface area contributed by atoms with Crippen molar-refractivity contribution in [3.8, 4) is 0 Å². The van der Waals surface area contributed by atoms with Gasteiger partial charge in [0, 0.05) is 6.20 Å². The molecule has 0 saturated heterocycles. The highest BCUT2D eigenvalue weighted by Crippen LogP contribution is 2.34. The van der Waals surface area contributed by atoms with Gasteiger partial charge in [-0.2, -0.15) is 0 Å². The Morgan fingerprint density at radius 2 is 2.06 bits per heavy atom. The lowest BCUT2D eigenvalue weighted by molar-refractivity contribution is -0.389. The van der Waals surface area contributed by atoms with Crippen LogP contribution in [0.3, 0.4) is 0 Å². The standard InChI is InChI=1S/C6H4F2IN3O4S/c7-5(8)2-1-11-6(9)3(12(13)14)4(2)17(10,15)16/h1,5H,(H2,10,15,16). The van der Waals surface area contributed by atoms with Crippen molar-refractivity contribution in [2.24, 2.45) is 5.14 Å². The van der Waals surface area contributed by atoms with E-state index in [0.717, 1.165) is 0 Å². The van der Waals surface area contributed by atoms with Crippen molar-refractivity contribution in [3.63, 3.8) is 0 Å². The lowest BCUT2D eigenvalue weighted by Crippen LogP contribution is -2.18. The molecular weight excluding hydrogens is 375 g/mol. The van der Waals surface area contributed by atoms with Gasteiger partial charge in [-0.3, -0.25) is 10.1 Å². The van der Waals surface area contributed by atoms with Crippen molar-refractivity contribution in [2.75, 3.05) is 0 Å². The van der Waals surface area contributed by atoms with Crippen LogP contribution in [0.25, 0.3) is 0 Å². The van der Waals surface area contributed by atoms with Crippen molar-refractivity contribution < 1.29 is 22.1 Å². The van der Waals surface area contributed by atoms with Gasteiger partial charge in [-0.05, 0) is 22.6 Å². The first-order valence-corrected chi connectivity index (χ1v) is 6.42. The first kappa shape index (κ1) is 14.1. The lowest BCUT2D eigenvalue weighted by atomic mass is 10.3. The first-order chi connectivity index (χ1) is 7.66. The van der Waals surface area contributed by atoms with Crippen molar-refractivity contribution in [3.05, 3.63) is 25.6 Å². The summed E-state index contributed by atoms with van der Waals surface area (Å²) in [6.07, 6.45) is -2.68. The molecule has 0 spiro atoms. The number of pyridine rings is 1. The van der Waals surface area contributed by atoms with Crippen LogP contribution < -0.4 is 5.14 Å². The van der Waals surface area contributed by atoms with E-state index in [2.05, 4.69) is 4.98 Å². The Bertz CT molecular complexity index is 577. The lowest BCUT2D eigenvalue weighted by Gasteiger charge is -2.07. The molecule has 1 rings (SSSR count). The summed E-state index contributed by atoms with van der Waals surface area (Å²) in [5.41, 5.74) is -2.12. The van der Waals surface area contributed by atoms with Gasteiger partial charge in [-0.25, -0.2) is 27.3 Å². The first-order valence-electron chi connectivity index (χ1n) is 3.80. The number of halogens is 3. The van der Waals surface area contributed by atoms with Crippen LogP contribution in [0.1, 0.15) is 12.0 Å². The molecule has 1 aromatic heterocycles. The maximum atomic E-state index is 12.5. The molecule has 0 radical (unpaired) electrons. The number of sulfonamides is 1. The van der Waals surface area contributed by atoms with Gasteiger partial charge >= 0.3 is 5.69 Å². The van der Waals surface area contributed by atoms with E-state index < -0.39 is 37.5 Å². The van der Waals surface area contributed by atoms with Crippen LogP contribution in [-0.2, 0) is 10.0 Å². The summed E-state index contributed by atoms with van der Waals surface area (Å²) >= 11 is 1.36. The Morgan fingerprint density at radius 3 is 2.41 bits per heavy atom. The Kier molecular flexibility index (Phi) is 3.93. The SMILES string of the molecule is NS(=O)(=O)c1c(C(F)F)cnc(I)c1[N+](=O)[O-]. The predicted molar refractivity (Wildman–Crippen MR) is 59.9 cm³/mol. The third-order valence-corrected chi connectivity index (χ3v) is 3.48. The summed E-state index contributed by atoms with van der Waals surface area (Å²) in [5.74, 6) is 0. The van der Waals surface area contributed by atoms with E-state index in [1.165, 1.54) is 22.6 Å². The van der Waals surface area contributed by atoms with Gasteiger partial charge in [0.2, 0.25) is 10.0 Å². The molecule has 11 heteroatoms. The fourth-order valence-corrected chi connectivity index (χ4v) is 2.79. The molecular formula is C6H4F2IN3O4S. The van der Waals surface area contributed by atoms with Crippen LogP contribution in [0.5, 0.6) is 0 Å². The predicted octanol–water partition coefficient (Wildman–Crippen LogP) is 1.18. The molecule has 0 aliphatic heterocycles. The van der Waals surface area contributed by atoms with Crippen molar-refractivity contribution in [1.82, 2.24) is 4.98 Å².